The Kier molecular flexibility index (Phi) is 4.84. The molecule has 2 N–H and O–H groups in total. The molecule has 0 aromatic heterocycles. The molecule has 2 rings (SSSR count). The molecule has 0 aliphatic rings. The van der Waals surface area contributed by atoms with Crippen LogP contribution in [0, 0.1) is 19.7 Å². The van der Waals surface area contributed by atoms with Crippen molar-refractivity contribution in [3.63, 3.8) is 0 Å². The van der Waals surface area contributed by atoms with Crippen molar-refractivity contribution in [1.82, 2.24) is 0 Å². The summed E-state index contributed by atoms with van der Waals surface area (Å²) in [6.45, 7) is 6.01. The van der Waals surface area contributed by atoms with E-state index in [0.29, 0.717) is 5.56 Å². The number of halogens is 1. The normalized spacial score (nSPS) is 12.4. The first-order valence-electron chi connectivity index (χ1n) is 6.71. The van der Waals surface area contributed by atoms with E-state index >= 15 is 0 Å². The zero-order valence-electron chi connectivity index (χ0n) is 12.1. The predicted octanol–water partition coefficient (Wildman–Crippen LogP) is 4.75. The van der Waals surface area contributed by atoms with Gasteiger partial charge in [-0.2, -0.15) is 0 Å². The Morgan fingerprint density at radius 1 is 1.15 bits per heavy atom. The average molecular weight is 289 g/mol. The summed E-state index contributed by atoms with van der Waals surface area (Å²) in [6, 6.07) is 11.4. The number of thioether (sulfide) groups is 1. The Morgan fingerprint density at radius 2 is 1.80 bits per heavy atom. The summed E-state index contributed by atoms with van der Waals surface area (Å²) in [5.74, 6) is 0.608. The molecule has 1 nitrogen and oxygen atoms in total. The van der Waals surface area contributed by atoms with Gasteiger partial charge in [-0.3, -0.25) is 0 Å². The van der Waals surface area contributed by atoms with Crippen LogP contribution in [-0.2, 0) is 5.75 Å². The van der Waals surface area contributed by atoms with Crippen molar-refractivity contribution in [2.24, 2.45) is 5.73 Å². The van der Waals surface area contributed by atoms with Gasteiger partial charge in [0.1, 0.15) is 5.82 Å². The van der Waals surface area contributed by atoms with Crippen molar-refractivity contribution in [1.29, 1.82) is 0 Å². The van der Waals surface area contributed by atoms with Gasteiger partial charge in [-0.15, -0.1) is 11.8 Å². The van der Waals surface area contributed by atoms with Crippen LogP contribution in [0.2, 0.25) is 0 Å². The molecule has 1 atom stereocenters. The summed E-state index contributed by atoms with van der Waals surface area (Å²) in [5, 5.41) is 0. The number of nitrogens with two attached hydrogens (primary N) is 1. The number of benzene rings is 2. The Morgan fingerprint density at radius 3 is 2.40 bits per heavy atom. The summed E-state index contributed by atoms with van der Waals surface area (Å²) in [4.78, 5) is 0.930. The average Bonchev–Trinajstić information content (AvgIpc) is 2.34. The van der Waals surface area contributed by atoms with Gasteiger partial charge in [-0.1, -0.05) is 35.4 Å². The Bertz CT molecular complexity index is 588. The van der Waals surface area contributed by atoms with E-state index in [-0.39, 0.29) is 11.9 Å². The summed E-state index contributed by atoms with van der Waals surface area (Å²) in [5.41, 5.74) is 10.3. The molecule has 106 valence electrons. The van der Waals surface area contributed by atoms with Crippen LogP contribution in [0.5, 0.6) is 0 Å². The van der Waals surface area contributed by atoms with Gasteiger partial charge in [0.2, 0.25) is 0 Å². The molecular formula is C17H20FNS. The van der Waals surface area contributed by atoms with Crippen molar-refractivity contribution >= 4 is 11.8 Å². The van der Waals surface area contributed by atoms with Gasteiger partial charge < -0.3 is 5.73 Å². The highest BCUT2D eigenvalue weighted by molar-refractivity contribution is 7.98. The molecule has 0 radical (unpaired) electrons. The number of aryl methyl sites for hydroxylation is 2. The molecular weight excluding hydrogens is 269 g/mol. The van der Waals surface area contributed by atoms with E-state index in [2.05, 4.69) is 32.0 Å². The lowest BCUT2D eigenvalue weighted by Crippen LogP contribution is -2.09. The third kappa shape index (κ3) is 3.62. The Labute approximate surface area is 124 Å². The third-order valence-electron chi connectivity index (χ3n) is 3.14. The van der Waals surface area contributed by atoms with Crippen molar-refractivity contribution in [2.45, 2.75) is 37.5 Å². The van der Waals surface area contributed by atoms with Gasteiger partial charge in [-0.25, -0.2) is 4.39 Å². The zero-order valence-corrected chi connectivity index (χ0v) is 12.9. The SMILES string of the molecule is Cc1cc(C)cc(CSc2cccc(F)c2C(C)N)c1. The van der Waals surface area contributed by atoms with Crippen molar-refractivity contribution in [3.05, 3.63) is 64.5 Å². The molecule has 2 aromatic carbocycles. The van der Waals surface area contributed by atoms with Crippen LogP contribution in [0.1, 0.15) is 35.2 Å². The minimum Gasteiger partial charge on any atom is -0.324 e. The molecule has 0 bridgehead atoms. The molecule has 0 heterocycles. The van der Waals surface area contributed by atoms with Gasteiger partial charge in [-0.05, 0) is 38.5 Å². The first-order valence-corrected chi connectivity index (χ1v) is 7.70. The molecule has 20 heavy (non-hydrogen) atoms. The van der Waals surface area contributed by atoms with Crippen LogP contribution in [0.15, 0.2) is 41.3 Å². The van der Waals surface area contributed by atoms with E-state index in [4.69, 9.17) is 5.73 Å². The highest BCUT2D eigenvalue weighted by atomic mass is 32.2. The maximum absolute atomic E-state index is 13.9. The van der Waals surface area contributed by atoms with Gasteiger partial charge in [0.15, 0.2) is 0 Å². The van der Waals surface area contributed by atoms with Crippen LogP contribution < -0.4 is 5.73 Å². The van der Waals surface area contributed by atoms with Crippen LogP contribution in [0.4, 0.5) is 4.39 Å². The number of hydrogen-bond donors (Lipinski definition) is 1. The van der Waals surface area contributed by atoms with Crippen LogP contribution in [-0.4, -0.2) is 0 Å². The van der Waals surface area contributed by atoms with Crippen LogP contribution in [0.25, 0.3) is 0 Å². The van der Waals surface area contributed by atoms with Gasteiger partial charge in [0.05, 0.1) is 0 Å². The maximum Gasteiger partial charge on any atom is 0.129 e. The van der Waals surface area contributed by atoms with Crippen molar-refractivity contribution in [3.8, 4) is 0 Å². The molecule has 0 saturated heterocycles. The topological polar surface area (TPSA) is 26.0 Å². The third-order valence-corrected chi connectivity index (χ3v) is 4.29. The molecule has 0 saturated carbocycles. The van der Waals surface area contributed by atoms with E-state index in [1.807, 2.05) is 13.0 Å². The van der Waals surface area contributed by atoms with E-state index in [0.717, 1.165) is 10.6 Å². The Balaban J connectivity index is 2.21. The molecule has 0 spiro atoms. The molecule has 2 aromatic rings. The summed E-state index contributed by atoms with van der Waals surface area (Å²) in [6.07, 6.45) is 0. The first-order chi connectivity index (χ1) is 9.47. The van der Waals surface area contributed by atoms with Gasteiger partial charge in [0.25, 0.3) is 0 Å². The van der Waals surface area contributed by atoms with Crippen LogP contribution >= 0.6 is 11.8 Å². The van der Waals surface area contributed by atoms with E-state index in [9.17, 15) is 4.39 Å². The fraction of sp³-hybridized carbons (Fsp3) is 0.294. The molecule has 3 heteroatoms. The standard InChI is InChI=1S/C17H20FNS/c1-11-7-12(2)9-14(8-11)10-20-16-6-4-5-15(18)17(16)13(3)19/h4-9,13H,10,19H2,1-3H3. The quantitative estimate of drug-likeness (QED) is 0.822. The second kappa shape index (κ2) is 6.42. The van der Waals surface area contributed by atoms with Crippen molar-refractivity contribution < 1.29 is 4.39 Å². The van der Waals surface area contributed by atoms with Crippen LogP contribution in [0.3, 0.4) is 0 Å². The number of rotatable bonds is 4. The lowest BCUT2D eigenvalue weighted by atomic mass is 10.1. The van der Waals surface area contributed by atoms with E-state index in [1.165, 1.54) is 22.8 Å². The van der Waals surface area contributed by atoms with E-state index < -0.39 is 0 Å². The summed E-state index contributed by atoms with van der Waals surface area (Å²) < 4.78 is 13.9. The minimum atomic E-state index is -0.294. The zero-order chi connectivity index (χ0) is 14.7. The van der Waals surface area contributed by atoms with Gasteiger partial charge in [0, 0.05) is 22.3 Å². The largest absolute Gasteiger partial charge is 0.324 e. The van der Waals surface area contributed by atoms with E-state index in [1.54, 1.807) is 17.8 Å². The molecule has 0 aliphatic heterocycles. The highest BCUT2D eigenvalue weighted by Crippen LogP contribution is 2.31. The molecule has 0 fully saturated rings. The molecule has 0 aliphatic carbocycles. The van der Waals surface area contributed by atoms with Gasteiger partial charge >= 0.3 is 0 Å². The molecule has 1 unspecified atom stereocenters. The lowest BCUT2D eigenvalue weighted by Gasteiger charge is -2.13. The fourth-order valence-electron chi connectivity index (χ4n) is 2.40. The fourth-order valence-corrected chi connectivity index (χ4v) is 3.50. The van der Waals surface area contributed by atoms with Crippen molar-refractivity contribution in [2.75, 3.05) is 0 Å². The second-order valence-corrected chi connectivity index (χ2v) is 6.24. The summed E-state index contributed by atoms with van der Waals surface area (Å²) >= 11 is 1.64. The molecule has 0 amide bonds. The Hall–Kier alpha value is -1.32. The first kappa shape index (κ1) is 15.1. The lowest BCUT2D eigenvalue weighted by molar-refractivity contribution is 0.585. The monoisotopic (exact) mass is 289 g/mol. The predicted molar refractivity (Wildman–Crippen MR) is 84.5 cm³/mol. The summed E-state index contributed by atoms with van der Waals surface area (Å²) in [7, 11) is 0. The second-order valence-electron chi connectivity index (χ2n) is 5.22. The number of hydrogen-bond acceptors (Lipinski definition) is 2. The highest BCUT2D eigenvalue weighted by Gasteiger charge is 2.12. The minimum absolute atomic E-state index is 0.217. The smallest absolute Gasteiger partial charge is 0.129 e. The maximum atomic E-state index is 13.9.